The van der Waals surface area contributed by atoms with Crippen LogP contribution in [0.4, 0.5) is 10.5 Å². The Labute approximate surface area is 128 Å². The number of urea groups is 1. The van der Waals surface area contributed by atoms with Crippen LogP contribution in [0.15, 0.2) is 18.2 Å². The molecule has 1 aromatic rings. The molecule has 4 nitrogen and oxygen atoms in total. The molecule has 110 valence electrons. The second-order valence-electron chi connectivity index (χ2n) is 4.97. The molecule has 0 radical (unpaired) electrons. The molecule has 6 heteroatoms. The Balaban J connectivity index is 2.09. The van der Waals surface area contributed by atoms with Gasteiger partial charge in [0, 0.05) is 12.6 Å². The number of nitrogens with one attached hydrogen (secondary N) is 1. The predicted molar refractivity (Wildman–Crippen MR) is 81.5 cm³/mol. The minimum absolute atomic E-state index is 0.0525. The van der Waals surface area contributed by atoms with Crippen molar-refractivity contribution in [2.45, 2.75) is 38.3 Å². The van der Waals surface area contributed by atoms with Gasteiger partial charge in [-0.25, -0.2) is 4.79 Å². The van der Waals surface area contributed by atoms with E-state index in [1.165, 1.54) is 0 Å². The summed E-state index contributed by atoms with van der Waals surface area (Å²) in [6.07, 6.45) is 1.72. The number of likely N-dealkylation sites (tertiary alicyclic amines) is 1. The largest absolute Gasteiger partial charge is 0.393 e. The molecule has 2 amide bonds. The van der Waals surface area contributed by atoms with E-state index in [4.69, 9.17) is 23.2 Å². The third kappa shape index (κ3) is 3.37. The molecule has 0 aliphatic carbocycles. The Kier molecular flexibility index (Phi) is 5.13. The van der Waals surface area contributed by atoms with Gasteiger partial charge in [0.15, 0.2) is 0 Å². The summed E-state index contributed by atoms with van der Waals surface area (Å²) in [7, 11) is 0. The smallest absolute Gasteiger partial charge is 0.322 e. The van der Waals surface area contributed by atoms with Gasteiger partial charge in [0.25, 0.3) is 0 Å². The number of anilines is 1. The SMILES string of the molecule is CC[C@H]1C[C@@H](O)CCN1C(=O)Nc1cccc(Cl)c1Cl. The van der Waals surface area contributed by atoms with Crippen molar-refractivity contribution in [3.8, 4) is 0 Å². The number of piperidine rings is 1. The first-order valence-electron chi connectivity index (χ1n) is 6.72. The molecule has 2 atom stereocenters. The van der Waals surface area contributed by atoms with Gasteiger partial charge in [-0.1, -0.05) is 36.2 Å². The lowest BCUT2D eigenvalue weighted by Crippen LogP contribution is -2.49. The maximum atomic E-state index is 12.3. The van der Waals surface area contributed by atoms with E-state index < -0.39 is 0 Å². The lowest BCUT2D eigenvalue weighted by molar-refractivity contribution is 0.0613. The summed E-state index contributed by atoms with van der Waals surface area (Å²) in [5.41, 5.74) is 0.505. The zero-order chi connectivity index (χ0) is 14.7. The molecule has 0 spiro atoms. The Morgan fingerprint density at radius 3 is 2.95 bits per heavy atom. The lowest BCUT2D eigenvalue weighted by Gasteiger charge is -2.37. The van der Waals surface area contributed by atoms with Gasteiger partial charge in [0.05, 0.1) is 21.8 Å². The van der Waals surface area contributed by atoms with Gasteiger partial charge in [0.2, 0.25) is 0 Å². The van der Waals surface area contributed by atoms with E-state index in [0.29, 0.717) is 35.1 Å². The fourth-order valence-electron chi connectivity index (χ4n) is 2.47. The fraction of sp³-hybridized carbons (Fsp3) is 0.500. The average Bonchev–Trinajstić information content (AvgIpc) is 2.43. The molecule has 0 saturated carbocycles. The summed E-state index contributed by atoms with van der Waals surface area (Å²) in [6.45, 7) is 2.55. The van der Waals surface area contributed by atoms with Crippen molar-refractivity contribution in [2.24, 2.45) is 0 Å². The van der Waals surface area contributed by atoms with E-state index in [-0.39, 0.29) is 18.2 Å². The molecule has 0 bridgehead atoms. The lowest BCUT2D eigenvalue weighted by atomic mass is 9.98. The number of hydrogen-bond donors (Lipinski definition) is 2. The maximum Gasteiger partial charge on any atom is 0.322 e. The predicted octanol–water partition coefficient (Wildman–Crippen LogP) is 3.76. The summed E-state index contributed by atoms with van der Waals surface area (Å²) in [5.74, 6) is 0. The monoisotopic (exact) mass is 316 g/mol. The van der Waals surface area contributed by atoms with Crippen LogP contribution in [0.1, 0.15) is 26.2 Å². The van der Waals surface area contributed by atoms with E-state index in [0.717, 1.165) is 6.42 Å². The maximum absolute atomic E-state index is 12.3. The number of benzene rings is 1. The Hall–Kier alpha value is -0.970. The molecule has 1 aromatic carbocycles. The van der Waals surface area contributed by atoms with Crippen LogP contribution < -0.4 is 5.32 Å². The first kappa shape index (κ1) is 15.4. The Morgan fingerprint density at radius 2 is 2.25 bits per heavy atom. The highest BCUT2D eigenvalue weighted by Gasteiger charge is 2.29. The third-order valence-electron chi connectivity index (χ3n) is 3.61. The van der Waals surface area contributed by atoms with Crippen molar-refractivity contribution in [1.29, 1.82) is 0 Å². The molecule has 1 saturated heterocycles. The highest BCUT2D eigenvalue weighted by molar-refractivity contribution is 6.43. The van der Waals surface area contributed by atoms with E-state index >= 15 is 0 Å². The quantitative estimate of drug-likeness (QED) is 0.872. The van der Waals surface area contributed by atoms with Crippen molar-refractivity contribution < 1.29 is 9.90 Å². The molecule has 0 unspecified atom stereocenters. The van der Waals surface area contributed by atoms with Gasteiger partial charge in [-0.15, -0.1) is 0 Å². The third-order valence-corrected chi connectivity index (χ3v) is 4.43. The summed E-state index contributed by atoms with van der Waals surface area (Å²) >= 11 is 12.0. The number of amides is 2. The summed E-state index contributed by atoms with van der Waals surface area (Å²) in [6, 6.07) is 4.98. The van der Waals surface area contributed by atoms with Gasteiger partial charge < -0.3 is 15.3 Å². The summed E-state index contributed by atoms with van der Waals surface area (Å²) in [5, 5.41) is 13.2. The van der Waals surface area contributed by atoms with Gasteiger partial charge in [-0.3, -0.25) is 0 Å². The topological polar surface area (TPSA) is 52.6 Å². The van der Waals surface area contributed by atoms with Crippen molar-refractivity contribution in [3.05, 3.63) is 28.2 Å². The number of rotatable bonds is 2. The Bertz CT molecular complexity index is 496. The van der Waals surface area contributed by atoms with Crippen LogP contribution in [-0.4, -0.2) is 34.7 Å². The normalized spacial score (nSPS) is 22.7. The van der Waals surface area contributed by atoms with Crippen molar-refractivity contribution >= 4 is 34.9 Å². The minimum atomic E-state index is -0.321. The molecule has 20 heavy (non-hydrogen) atoms. The molecule has 0 aromatic heterocycles. The number of aliphatic hydroxyl groups excluding tert-OH is 1. The number of carbonyl (C=O) groups excluding carboxylic acids is 1. The minimum Gasteiger partial charge on any atom is -0.393 e. The van der Waals surface area contributed by atoms with Crippen LogP contribution in [0.25, 0.3) is 0 Å². The average molecular weight is 317 g/mol. The van der Waals surface area contributed by atoms with Crippen LogP contribution >= 0.6 is 23.2 Å². The van der Waals surface area contributed by atoms with Crippen molar-refractivity contribution in [3.63, 3.8) is 0 Å². The fourth-order valence-corrected chi connectivity index (χ4v) is 2.82. The van der Waals surface area contributed by atoms with E-state index in [1.807, 2.05) is 6.92 Å². The number of halogens is 2. The first-order chi connectivity index (χ1) is 9.52. The van der Waals surface area contributed by atoms with Gasteiger partial charge >= 0.3 is 6.03 Å². The van der Waals surface area contributed by atoms with Gasteiger partial charge in [-0.05, 0) is 31.4 Å². The first-order valence-corrected chi connectivity index (χ1v) is 7.48. The van der Waals surface area contributed by atoms with Crippen LogP contribution in [0.2, 0.25) is 10.0 Å². The van der Waals surface area contributed by atoms with Crippen LogP contribution in [0.3, 0.4) is 0 Å². The van der Waals surface area contributed by atoms with Crippen molar-refractivity contribution in [2.75, 3.05) is 11.9 Å². The molecule has 2 rings (SSSR count). The number of aliphatic hydroxyl groups is 1. The zero-order valence-electron chi connectivity index (χ0n) is 11.3. The second-order valence-corrected chi connectivity index (χ2v) is 5.75. The molecular weight excluding hydrogens is 299 g/mol. The number of carbonyl (C=O) groups is 1. The number of hydrogen-bond acceptors (Lipinski definition) is 2. The molecule has 1 heterocycles. The molecule has 1 aliphatic heterocycles. The zero-order valence-corrected chi connectivity index (χ0v) is 12.8. The number of nitrogens with zero attached hydrogens (tertiary/aromatic N) is 1. The van der Waals surface area contributed by atoms with Crippen LogP contribution in [0.5, 0.6) is 0 Å². The van der Waals surface area contributed by atoms with Crippen molar-refractivity contribution in [1.82, 2.24) is 4.90 Å². The molecule has 2 N–H and O–H groups in total. The molecule has 1 aliphatic rings. The second kappa shape index (κ2) is 6.66. The van der Waals surface area contributed by atoms with Crippen LogP contribution in [0, 0.1) is 0 Å². The van der Waals surface area contributed by atoms with Crippen LogP contribution in [-0.2, 0) is 0 Å². The molecule has 1 fully saturated rings. The van der Waals surface area contributed by atoms with Gasteiger partial charge in [0.1, 0.15) is 0 Å². The molecular formula is C14H18Cl2N2O2. The van der Waals surface area contributed by atoms with E-state index in [1.54, 1.807) is 23.1 Å². The highest BCUT2D eigenvalue weighted by atomic mass is 35.5. The van der Waals surface area contributed by atoms with Gasteiger partial charge in [-0.2, -0.15) is 0 Å². The van der Waals surface area contributed by atoms with E-state index in [2.05, 4.69) is 5.32 Å². The summed E-state index contributed by atoms with van der Waals surface area (Å²) in [4.78, 5) is 14.1. The van der Waals surface area contributed by atoms with E-state index in [9.17, 15) is 9.90 Å². The standard InChI is InChI=1S/C14H18Cl2N2O2/c1-2-9-8-10(19)6-7-18(9)14(20)17-12-5-3-4-11(15)13(12)16/h3-5,9-10,19H,2,6-8H2,1H3,(H,17,20)/t9-,10-/m0/s1. The summed E-state index contributed by atoms with van der Waals surface area (Å²) < 4.78 is 0. The highest BCUT2D eigenvalue weighted by Crippen LogP contribution is 2.30. The Morgan fingerprint density at radius 1 is 1.50 bits per heavy atom.